The van der Waals surface area contributed by atoms with Gasteiger partial charge in [-0.2, -0.15) is 0 Å². The minimum Gasteiger partial charge on any atom is -0.378 e. The van der Waals surface area contributed by atoms with Crippen molar-refractivity contribution in [2.24, 2.45) is 0 Å². The number of rotatable bonds is 2. The molecular weight excluding hydrogens is 282 g/mol. The zero-order chi connectivity index (χ0) is 15.5. The number of nitrogens with zero attached hydrogens (tertiary/aromatic N) is 2. The second-order valence-electron chi connectivity index (χ2n) is 5.79. The second kappa shape index (κ2) is 6.36. The molecule has 0 aromatic heterocycles. The molecule has 0 bridgehead atoms. The van der Waals surface area contributed by atoms with Gasteiger partial charge in [-0.25, -0.2) is 4.79 Å². The summed E-state index contributed by atoms with van der Waals surface area (Å²) in [5, 5.41) is 2.96. The summed E-state index contributed by atoms with van der Waals surface area (Å²) in [6.45, 7) is 4.90. The van der Waals surface area contributed by atoms with Crippen LogP contribution >= 0.6 is 0 Å². The van der Waals surface area contributed by atoms with Crippen molar-refractivity contribution in [2.45, 2.75) is 19.4 Å². The fourth-order valence-corrected chi connectivity index (χ4v) is 2.81. The Labute approximate surface area is 130 Å². The van der Waals surface area contributed by atoms with Crippen LogP contribution in [0.4, 0.5) is 10.5 Å². The number of amides is 3. The average Bonchev–Trinajstić information content (AvgIpc) is 2.89. The number of aryl methyl sites for hydroxylation is 1. The van der Waals surface area contributed by atoms with Gasteiger partial charge in [0, 0.05) is 31.7 Å². The molecule has 3 rings (SSSR count). The number of morpholine rings is 1. The Morgan fingerprint density at radius 1 is 1.23 bits per heavy atom. The number of carbonyl (C=O) groups is 2. The fourth-order valence-electron chi connectivity index (χ4n) is 2.81. The van der Waals surface area contributed by atoms with E-state index < -0.39 is 0 Å². The van der Waals surface area contributed by atoms with E-state index in [1.807, 2.05) is 31.2 Å². The van der Waals surface area contributed by atoms with E-state index in [2.05, 4.69) is 5.32 Å². The first-order chi connectivity index (χ1) is 10.6. The van der Waals surface area contributed by atoms with Crippen molar-refractivity contribution in [3.8, 4) is 0 Å². The Balaban J connectivity index is 1.59. The molecule has 3 amide bonds. The highest BCUT2D eigenvalue weighted by Gasteiger charge is 2.32. The molecule has 0 spiro atoms. The maximum atomic E-state index is 12.2. The molecule has 0 aliphatic carbocycles. The topological polar surface area (TPSA) is 61.9 Å². The van der Waals surface area contributed by atoms with Gasteiger partial charge in [-0.05, 0) is 19.1 Å². The summed E-state index contributed by atoms with van der Waals surface area (Å²) in [5.74, 6) is 0.0520. The smallest absolute Gasteiger partial charge is 0.317 e. The minimum atomic E-state index is -0.135. The van der Waals surface area contributed by atoms with Gasteiger partial charge in [-0.3, -0.25) is 4.79 Å². The molecule has 2 aliphatic heterocycles. The Morgan fingerprint density at radius 3 is 2.59 bits per heavy atom. The normalized spacial score (nSPS) is 22.0. The summed E-state index contributed by atoms with van der Waals surface area (Å²) < 4.78 is 5.24. The van der Waals surface area contributed by atoms with Gasteiger partial charge >= 0.3 is 6.03 Å². The maximum Gasteiger partial charge on any atom is 0.317 e. The van der Waals surface area contributed by atoms with Crippen LogP contribution in [0.1, 0.15) is 12.0 Å². The molecule has 6 nitrogen and oxygen atoms in total. The monoisotopic (exact) mass is 303 g/mol. The number of urea groups is 1. The van der Waals surface area contributed by atoms with Crippen molar-refractivity contribution in [1.82, 2.24) is 10.2 Å². The van der Waals surface area contributed by atoms with E-state index in [4.69, 9.17) is 4.74 Å². The average molecular weight is 303 g/mol. The highest BCUT2D eigenvalue weighted by Crippen LogP contribution is 2.22. The van der Waals surface area contributed by atoms with Gasteiger partial charge in [-0.1, -0.05) is 17.7 Å². The third-order valence-corrected chi connectivity index (χ3v) is 4.10. The Kier molecular flexibility index (Phi) is 4.29. The van der Waals surface area contributed by atoms with Gasteiger partial charge in [0.2, 0.25) is 5.91 Å². The molecule has 6 heteroatoms. The lowest BCUT2D eigenvalue weighted by atomic mass is 10.2. The van der Waals surface area contributed by atoms with Gasteiger partial charge in [0.05, 0.1) is 19.3 Å². The molecule has 0 unspecified atom stereocenters. The first-order valence-electron chi connectivity index (χ1n) is 7.64. The quantitative estimate of drug-likeness (QED) is 0.891. The fraction of sp³-hybridized carbons (Fsp3) is 0.500. The van der Waals surface area contributed by atoms with Crippen LogP contribution in [0.15, 0.2) is 24.3 Å². The van der Waals surface area contributed by atoms with Gasteiger partial charge in [-0.15, -0.1) is 0 Å². The van der Waals surface area contributed by atoms with E-state index in [-0.39, 0.29) is 18.0 Å². The van der Waals surface area contributed by atoms with Crippen LogP contribution in [0.5, 0.6) is 0 Å². The third kappa shape index (κ3) is 3.22. The van der Waals surface area contributed by atoms with E-state index in [0.717, 1.165) is 11.3 Å². The molecule has 2 fully saturated rings. The van der Waals surface area contributed by atoms with Crippen LogP contribution in [-0.2, 0) is 9.53 Å². The standard InChI is InChI=1S/C16H21N3O3/c1-12-2-4-14(5-3-12)19-11-13(10-15(19)20)17-16(21)18-6-8-22-9-7-18/h2-5,13H,6-11H2,1H3,(H,17,21)/t13-/m1/s1. The van der Waals surface area contributed by atoms with E-state index in [0.29, 0.717) is 39.3 Å². The van der Waals surface area contributed by atoms with Crippen molar-refractivity contribution >= 4 is 17.6 Å². The summed E-state index contributed by atoms with van der Waals surface area (Å²) in [6.07, 6.45) is 0.351. The maximum absolute atomic E-state index is 12.2. The first kappa shape index (κ1) is 14.8. The van der Waals surface area contributed by atoms with Gasteiger partial charge < -0.3 is 19.9 Å². The number of benzene rings is 1. The SMILES string of the molecule is Cc1ccc(N2C[C@H](NC(=O)N3CCOCC3)CC2=O)cc1. The first-order valence-corrected chi connectivity index (χ1v) is 7.64. The van der Waals surface area contributed by atoms with Gasteiger partial charge in [0.25, 0.3) is 0 Å². The largest absolute Gasteiger partial charge is 0.378 e. The molecule has 2 saturated heterocycles. The molecule has 1 aromatic carbocycles. The highest BCUT2D eigenvalue weighted by atomic mass is 16.5. The van der Waals surface area contributed by atoms with Crippen LogP contribution in [0.2, 0.25) is 0 Å². The molecule has 1 aromatic rings. The van der Waals surface area contributed by atoms with Crippen LogP contribution in [0.3, 0.4) is 0 Å². The lowest BCUT2D eigenvalue weighted by Crippen LogP contribution is -2.49. The number of anilines is 1. The number of nitrogens with one attached hydrogen (secondary N) is 1. The van der Waals surface area contributed by atoms with Crippen LogP contribution in [0, 0.1) is 6.92 Å². The molecule has 0 saturated carbocycles. The Morgan fingerprint density at radius 2 is 1.91 bits per heavy atom. The Hall–Kier alpha value is -2.08. The molecule has 1 N–H and O–H groups in total. The van der Waals surface area contributed by atoms with Crippen LogP contribution < -0.4 is 10.2 Å². The molecular formula is C16H21N3O3. The summed E-state index contributed by atoms with van der Waals surface area (Å²) in [7, 11) is 0. The van der Waals surface area contributed by atoms with Gasteiger partial charge in [0.15, 0.2) is 0 Å². The lowest BCUT2D eigenvalue weighted by molar-refractivity contribution is -0.117. The highest BCUT2D eigenvalue weighted by molar-refractivity contribution is 5.96. The number of ether oxygens (including phenoxy) is 1. The predicted molar refractivity (Wildman–Crippen MR) is 82.9 cm³/mol. The molecule has 1 atom stereocenters. The van der Waals surface area contributed by atoms with Crippen LogP contribution in [0.25, 0.3) is 0 Å². The Bertz CT molecular complexity index is 552. The van der Waals surface area contributed by atoms with Crippen molar-refractivity contribution < 1.29 is 14.3 Å². The zero-order valence-corrected chi connectivity index (χ0v) is 12.7. The van der Waals surface area contributed by atoms with Crippen molar-refractivity contribution in [1.29, 1.82) is 0 Å². The predicted octanol–water partition coefficient (Wildman–Crippen LogP) is 1.14. The summed E-state index contributed by atoms with van der Waals surface area (Å²) in [4.78, 5) is 27.8. The molecule has 118 valence electrons. The van der Waals surface area contributed by atoms with Crippen molar-refractivity contribution in [2.75, 3.05) is 37.7 Å². The number of carbonyl (C=O) groups excluding carboxylic acids is 2. The van der Waals surface area contributed by atoms with Crippen molar-refractivity contribution in [3.05, 3.63) is 29.8 Å². The molecule has 2 aliphatic rings. The molecule has 2 heterocycles. The van der Waals surface area contributed by atoms with Crippen LogP contribution in [-0.4, -0.2) is 55.7 Å². The van der Waals surface area contributed by atoms with E-state index in [1.54, 1.807) is 9.80 Å². The second-order valence-corrected chi connectivity index (χ2v) is 5.79. The molecule has 0 radical (unpaired) electrons. The van der Waals surface area contributed by atoms with Crippen molar-refractivity contribution in [3.63, 3.8) is 0 Å². The summed E-state index contributed by atoms with van der Waals surface area (Å²) in [6, 6.07) is 7.62. The zero-order valence-electron chi connectivity index (χ0n) is 12.7. The summed E-state index contributed by atoms with van der Waals surface area (Å²) >= 11 is 0. The van der Waals surface area contributed by atoms with E-state index in [1.165, 1.54) is 0 Å². The third-order valence-electron chi connectivity index (χ3n) is 4.10. The van der Waals surface area contributed by atoms with E-state index in [9.17, 15) is 9.59 Å². The number of hydrogen-bond acceptors (Lipinski definition) is 3. The minimum absolute atomic E-state index is 0.0520. The lowest BCUT2D eigenvalue weighted by Gasteiger charge is -2.28. The molecule has 22 heavy (non-hydrogen) atoms. The number of hydrogen-bond donors (Lipinski definition) is 1. The van der Waals surface area contributed by atoms with E-state index >= 15 is 0 Å². The van der Waals surface area contributed by atoms with Gasteiger partial charge in [0.1, 0.15) is 0 Å². The summed E-state index contributed by atoms with van der Waals surface area (Å²) in [5.41, 5.74) is 2.05.